The SMILES string of the molecule is NC(=O)C1CNCCN1C(c1cccs1)C1CC1. The summed E-state index contributed by atoms with van der Waals surface area (Å²) < 4.78 is 0. The predicted octanol–water partition coefficient (Wildman–Crippen LogP) is 0.958. The molecule has 0 aromatic carbocycles. The number of nitrogens with zero attached hydrogens (tertiary/aromatic N) is 1. The maximum absolute atomic E-state index is 11.6. The minimum absolute atomic E-state index is 0.161. The standard InChI is InChI=1S/C13H19N3OS/c14-13(17)10-8-15-5-6-16(10)12(9-3-4-9)11-2-1-7-18-11/h1-2,7,9-10,12,15H,3-6,8H2,(H2,14,17). The summed E-state index contributed by atoms with van der Waals surface area (Å²) in [6, 6.07) is 4.51. The van der Waals surface area contributed by atoms with Gasteiger partial charge in [0.25, 0.3) is 0 Å². The van der Waals surface area contributed by atoms with Gasteiger partial charge in [-0.05, 0) is 30.2 Å². The molecule has 2 fully saturated rings. The molecule has 2 heterocycles. The van der Waals surface area contributed by atoms with Crippen LogP contribution in [-0.4, -0.2) is 36.5 Å². The minimum atomic E-state index is -0.204. The number of primary amides is 1. The maximum atomic E-state index is 11.6. The van der Waals surface area contributed by atoms with E-state index in [0.29, 0.717) is 18.5 Å². The van der Waals surface area contributed by atoms with Crippen molar-refractivity contribution in [3.63, 3.8) is 0 Å². The van der Waals surface area contributed by atoms with Gasteiger partial charge in [-0.1, -0.05) is 6.07 Å². The van der Waals surface area contributed by atoms with Crippen LogP contribution in [0.3, 0.4) is 0 Å². The van der Waals surface area contributed by atoms with Crippen molar-refractivity contribution in [3.05, 3.63) is 22.4 Å². The Morgan fingerprint density at radius 1 is 1.56 bits per heavy atom. The van der Waals surface area contributed by atoms with Crippen LogP contribution in [0.15, 0.2) is 17.5 Å². The van der Waals surface area contributed by atoms with Crippen LogP contribution in [0.1, 0.15) is 23.8 Å². The summed E-state index contributed by atoms with van der Waals surface area (Å²) in [5.74, 6) is 0.507. The van der Waals surface area contributed by atoms with Crippen molar-refractivity contribution < 1.29 is 4.79 Å². The summed E-state index contributed by atoms with van der Waals surface area (Å²) in [7, 11) is 0. The van der Waals surface area contributed by atoms with Crippen LogP contribution in [-0.2, 0) is 4.79 Å². The Labute approximate surface area is 111 Å². The monoisotopic (exact) mass is 265 g/mol. The first-order valence-corrected chi connectivity index (χ1v) is 7.44. The van der Waals surface area contributed by atoms with E-state index in [1.54, 1.807) is 11.3 Å². The van der Waals surface area contributed by atoms with E-state index in [2.05, 4.69) is 27.7 Å². The van der Waals surface area contributed by atoms with Crippen molar-refractivity contribution in [2.45, 2.75) is 24.9 Å². The van der Waals surface area contributed by atoms with Crippen LogP contribution in [0.2, 0.25) is 0 Å². The average Bonchev–Trinajstić information content (AvgIpc) is 3.05. The minimum Gasteiger partial charge on any atom is -0.368 e. The van der Waals surface area contributed by atoms with Crippen molar-refractivity contribution in [1.82, 2.24) is 10.2 Å². The van der Waals surface area contributed by atoms with Gasteiger partial charge < -0.3 is 11.1 Å². The van der Waals surface area contributed by atoms with Gasteiger partial charge in [-0.2, -0.15) is 0 Å². The first-order valence-electron chi connectivity index (χ1n) is 6.56. The molecule has 2 unspecified atom stereocenters. The molecule has 1 saturated carbocycles. The molecule has 0 spiro atoms. The van der Waals surface area contributed by atoms with Gasteiger partial charge in [0.05, 0.1) is 0 Å². The van der Waals surface area contributed by atoms with Crippen molar-refractivity contribution in [2.24, 2.45) is 11.7 Å². The number of rotatable bonds is 4. The fourth-order valence-corrected chi connectivity index (χ4v) is 3.79. The van der Waals surface area contributed by atoms with E-state index >= 15 is 0 Å². The molecule has 1 amide bonds. The lowest BCUT2D eigenvalue weighted by Crippen LogP contribution is -2.58. The zero-order chi connectivity index (χ0) is 12.5. The lowest BCUT2D eigenvalue weighted by atomic mass is 10.0. The first-order chi connectivity index (χ1) is 8.77. The van der Waals surface area contributed by atoms with E-state index < -0.39 is 0 Å². The number of carbonyl (C=O) groups excluding carboxylic acids is 1. The molecule has 3 N–H and O–H groups in total. The topological polar surface area (TPSA) is 58.4 Å². The fraction of sp³-hybridized carbons (Fsp3) is 0.615. The molecule has 1 aliphatic carbocycles. The van der Waals surface area contributed by atoms with Gasteiger partial charge in [0.2, 0.25) is 5.91 Å². The Morgan fingerprint density at radius 2 is 2.39 bits per heavy atom. The van der Waals surface area contributed by atoms with E-state index in [-0.39, 0.29) is 11.9 Å². The number of piperazine rings is 1. The van der Waals surface area contributed by atoms with Crippen molar-refractivity contribution in [2.75, 3.05) is 19.6 Å². The number of carbonyl (C=O) groups is 1. The molecule has 1 aliphatic heterocycles. The Bertz CT molecular complexity index is 416. The maximum Gasteiger partial charge on any atom is 0.236 e. The Hall–Kier alpha value is -0.910. The molecule has 98 valence electrons. The smallest absolute Gasteiger partial charge is 0.236 e. The van der Waals surface area contributed by atoms with Gasteiger partial charge >= 0.3 is 0 Å². The molecule has 1 aromatic rings. The van der Waals surface area contributed by atoms with Crippen LogP contribution in [0.4, 0.5) is 0 Å². The molecule has 2 aliphatic rings. The summed E-state index contributed by atoms with van der Waals surface area (Å²) >= 11 is 1.79. The van der Waals surface area contributed by atoms with Crippen LogP contribution in [0.25, 0.3) is 0 Å². The molecule has 5 heteroatoms. The Morgan fingerprint density at radius 3 is 3.00 bits per heavy atom. The average molecular weight is 265 g/mol. The summed E-state index contributed by atoms with van der Waals surface area (Å²) in [6.07, 6.45) is 2.55. The number of nitrogens with two attached hydrogens (primary N) is 1. The molecule has 4 nitrogen and oxygen atoms in total. The number of thiophene rings is 1. The first kappa shape index (κ1) is 12.1. The highest BCUT2D eigenvalue weighted by atomic mass is 32.1. The van der Waals surface area contributed by atoms with Gasteiger partial charge in [-0.3, -0.25) is 9.69 Å². The molecule has 2 atom stereocenters. The van der Waals surface area contributed by atoms with E-state index in [1.165, 1.54) is 17.7 Å². The molecular formula is C13H19N3OS. The van der Waals surface area contributed by atoms with Gasteiger partial charge in [-0.25, -0.2) is 0 Å². The summed E-state index contributed by atoms with van der Waals surface area (Å²) in [5, 5.41) is 5.38. The second-order valence-electron chi connectivity index (χ2n) is 5.16. The van der Waals surface area contributed by atoms with Crippen LogP contribution in [0.5, 0.6) is 0 Å². The predicted molar refractivity (Wildman–Crippen MR) is 72.3 cm³/mol. The van der Waals surface area contributed by atoms with E-state index in [4.69, 9.17) is 5.73 Å². The second kappa shape index (κ2) is 4.99. The third-order valence-electron chi connectivity index (χ3n) is 3.87. The van der Waals surface area contributed by atoms with Gasteiger partial charge in [0.1, 0.15) is 6.04 Å². The highest BCUT2D eigenvalue weighted by Gasteiger charge is 2.41. The summed E-state index contributed by atoms with van der Waals surface area (Å²) in [6.45, 7) is 2.54. The molecular weight excluding hydrogens is 246 g/mol. The Kier molecular flexibility index (Phi) is 3.37. The molecule has 18 heavy (non-hydrogen) atoms. The van der Waals surface area contributed by atoms with Crippen molar-refractivity contribution in [1.29, 1.82) is 0 Å². The van der Waals surface area contributed by atoms with Gasteiger partial charge in [-0.15, -0.1) is 11.3 Å². The molecule has 0 bridgehead atoms. The molecule has 1 aromatic heterocycles. The lowest BCUT2D eigenvalue weighted by Gasteiger charge is -2.39. The second-order valence-corrected chi connectivity index (χ2v) is 6.14. The quantitative estimate of drug-likeness (QED) is 0.852. The number of hydrogen-bond acceptors (Lipinski definition) is 4. The van der Waals surface area contributed by atoms with Gasteiger partial charge in [0.15, 0.2) is 0 Å². The van der Waals surface area contributed by atoms with Crippen molar-refractivity contribution in [3.8, 4) is 0 Å². The van der Waals surface area contributed by atoms with Gasteiger partial charge in [0, 0.05) is 30.6 Å². The van der Waals surface area contributed by atoms with Crippen LogP contribution >= 0.6 is 11.3 Å². The fourth-order valence-electron chi connectivity index (χ4n) is 2.86. The highest BCUT2D eigenvalue weighted by Crippen LogP contribution is 2.46. The van der Waals surface area contributed by atoms with Crippen LogP contribution in [0, 0.1) is 5.92 Å². The number of nitrogens with one attached hydrogen (secondary N) is 1. The third-order valence-corrected chi connectivity index (χ3v) is 4.82. The normalized spacial score (nSPS) is 27.0. The molecule has 1 saturated heterocycles. The summed E-state index contributed by atoms with van der Waals surface area (Å²) in [4.78, 5) is 15.3. The number of amides is 1. The van der Waals surface area contributed by atoms with E-state index in [9.17, 15) is 4.79 Å². The zero-order valence-corrected chi connectivity index (χ0v) is 11.2. The molecule has 3 rings (SSSR count). The lowest BCUT2D eigenvalue weighted by molar-refractivity contribution is -0.125. The molecule has 0 radical (unpaired) electrons. The van der Waals surface area contributed by atoms with Crippen LogP contribution < -0.4 is 11.1 Å². The summed E-state index contributed by atoms with van der Waals surface area (Å²) in [5.41, 5.74) is 5.55. The Balaban J connectivity index is 1.86. The largest absolute Gasteiger partial charge is 0.368 e. The highest BCUT2D eigenvalue weighted by molar-refractivity contribution is 7.10. The third kappa shape index (κ3) is 2.30. The zero-order valence-electron chi connectivity index (χ0n) is 10.3. The number of hydrogen-bond donors (Lipinski definition) is 2. The van der Waals surface area contributed by atoms with E-state index in [1.807, 2.05) is 0 Å². The van der Waals surface area contributed by atoms with E-state index in [0.717, 1.165) is 13.1 Å². The van der Waals surface area contributed by atoms with Crippen molar-refractivity contribution >= 4 is 17.2 Å².